The zero-order valence-corrected chi connectivity index (χ0v) is 12.9. The van der Waals surface area contributed by atoms with Crippen LogP contribution in [0.15, 0.2) is 30.3 Å². The van der Waals surface area contributed by atoms with Crippen molar-refractivity contribution in [3.8, 4) is 0 Å². The number of nitrogens with one attached hydrogen (secondary N) is 1. The van der Waals surface area contributed by atoms with Crippen LogP contribution in [-0.4, -0.2) is 66.6 Å². The van der Waals surface area contributed by atoms with E-state index in [0.29, 0.717) is 6.04 Å². The molecule has 1 atom stereocenters. The molecule has 0 saturated carbocycles. The van der Waals surface area contributed by atoms with Crippen molar-refractivity contribution in [1.29, 1.82) is 0 Å². The van der Waals surface area contributed by atoms with E-state index < -0.39 is 0 Å². The third-order valence-electron chi connectivity index (χ3n) is 4.19. The zero-order chi connectivity index (χ0) is 13.6. The van der Waals surface area contributed by atoms with Gasteiger partial charge in [0, 0.05) is 63.4 Å². The molecule has 2 heterocycles. The topological polar surface area (TPSA) is 18.5 Å². The van der Waals surface area contributed by atoms with Crippen molar-refractivity contribution in [3.05, 3.63) is 35.9 Å². The Balaban J connectivity index is 1.40. The van der Waals surface area contributed by atoms with Crippen LogP contribution in [0.3, 0.4) is 0 Å². The van der Waals surface area contributed by atoms with Gasteiger partial charge in [0.25, 0.3) is 0 Å². The molecule has 4 heteroatoms. The first-order valence-electron chi connectivity index (χ1n) is 7.70. The lowest BCUT2D eigenvalue weighted by Crippen LogP contribution is -2.52. The van der Waals surface area contributed by atoms with Crippen molar-refractivity contribution in [2.45, 2.75) is 12.6 Å². The normalized spacial score (nSPS) is 25.7. The van der Waals surface area contributed by atoms with Gasteiger partial charge < -0.3 is 5.32 Å². The van der Waals surface area contributed by atoms with Gasteiger partial charge in [0.05, 0.1) is 0 Å². The number of nitrogens with zero attached hydrogens (tertiary/aromatic N) is 2. The van der Waals surface area contributed by atoms with E-state index in [1.165, 1.54) is 56.3 Å². The molecule has 1 N–H and O–H groups in total. The molecule has 0 aromatic heterocycles. The minimum absolute atomic E-state index is 0.703. The molecule has 2 saturated heterocycles. The van der Waals surface area contributed by atoms with Crippen LogP contribution in [0.5, 0.6) is 0 Å². The van der Waals surface area contributed by atoms with E-state index in [9.17, 15) is 0 Å². The van der Waals surface area contributed by atoms with E-state index in [1.807, 2.05) is 0 Å². The third kappa shape index (κ3) is 4.22. The van der Waals surface area contributed by atoms with Crippen LogP contribution in [0, 0.1) is 0 Å². The lowest BCUT2D eigenvalue weighted by Gasteiger charge is -2.37. The van der Waals surface area contributed by atoms with E-state index in [4.69, 9.17) is 0 Å². The SMILES string of the molecule is c1ccc(CN2CCN(CC3CSCCN3)CC2)cc1. The molecule has 2 aliphatic rings. The minimum Gasteiger partial charge on any atom is -0.311 e. The number of rotatable bonds is 4. The predicted molar refractivity (Wildman–Crippen MR) is 87.3 cm³/mol. The van der Waals surface area contributed by atoms with Gasteiger partial charge in [-0.25, -0.2) is 0 Å². The zero-order valence-electron chi connectivity index (χ0n) is 12.1. The molecular formula is C16H25N3S. The fourth-order valence-electron chi connectivity index (χ4n) is 3.02. The van der Waals surface area contributed by atoms with Crippen molar-refractivity contribution >= 4 is 11.8 Å². The summed E-state index contributed by atoms with van der Waals surface area (Å²) in [5.41, 5.74) is 1.44. The molecule has 2 aliphatic heterocycles. The summed E-state index contributed by atoms with van der Waals surface area (Å²) in [7, 11) is 0. The summed E-state index contributed by atoms with van der Waals surface area (Å²) in [4.78, 5) is 5.21. The van der Waals surface area contributed by atoms with E-state index in [0.717, 1.165) is 6.54 Å². The summed E-state index contributed by atoms with van der Waals surface area (Å²) in [5, 5.41) is 3.64. The van der Waals surface area contributed by atoms with Gasteiger partial charge >= 0.3 is 0 Å². The summed E-state index contributed by atoms with van der Waals surface area (Å²) >= 11 is 2.09. The minimum atomic E-state index is 0.703. The average molecular weight is 291 g/mol. The number of benzene rings is 1. The Kier molecular flexibility index (Phi) is 5.36. The van der Waals surface area contributed by atoms with Gasteiger partial charge in [-0.1, -0.05) is 30.3 Å². The van der Waals surface area contributed by atoms with Gasteiger partial charge in [-0.15, -0.1) is 0 Å². The standard InChI is InChI=1S/C16H25N3S/c1-2-4-15(5-3-1)12-18-7-9-19(10-8-18)13-16-14-20-11-6-17-16/h1-5,16-17H,6-14H2. The van der Waals surface area contributed by atoms with Gasteiger partial charge in [0.2, 0.25) is 0 Å². The second-order valence-corrected chi connectivity index (χ2v) is 6.94. The van der Waals surface area contributed by atoms with Crippen LogP contribution < -0.4 is 5.32 Å². The van der Waals surface area contributed by atoms with Gasteiger partial charge in [-0.2, -0.15) is 11.8 Å². The highest BCUT2D eigenvalue weighted by Gasteiger charge is 2.21. The molecule has 0 radical (unpaired) electrons. The summed E-state index contributed by atoms with van der Waals surface area (Å²) < 4.78 is 0. The first-order chi connectivity index (χ1) is 9.90. The van der Waals surface area contributed by atoms with Crippen LogP contribution in [0.4, 0.5) is 0 Å². The molecule has 0 spiro atoms. The Bertz CT molecular complexity index is 384. The summed E-state index contributed by atoms with van der Waals surface area (Å²) in [6, 6.07) is 11.5. The van der Waals surface area contributed by atoms with Crippen molar-refractivity contribution in [1.82, 2.24) is 15.1 Å². The third-order valence-corrected chi connectivity index (χ3v) is 5.32. The van der Waals surface area contributed by atoms with Crippen molar-refractivity contribution in [2.75, 3.05) is 50.8 Å². The summed E-state index contributed by atoms with van der Waals surface area (Å²) in [5.74, 6) is 2.56. The maximum atomic E-state index is 3.64. The Hall–Kier alpha value is -0.550. The Morgan fingerprint density at radius 1 is 1.05 bits per heavy atom. The first kappa shape index (κ1) is 14.4. The van der Waals surface area contributed by atoms with E-state index in [2.05, 4.69) is 57.2 Å². The number of thioether (sulfide) groups is 1. The maximum Gasteiger partial charge on any atom is 0.0285 e. The van der Waals surface area contributed by atoms with Crippen molar-refractivity contribution in [2.24, 2.45) is 0 Å². The molecule has 0 amide bonds. The Labute approximate surface area is 126 Å². The smallest absolute Gasteiger partial charge is 0.0285 e. The van der Waals surface area contributed by atoms with Gasteiger partial charge in [-0.3, -0.25) is 9.80 Å². The van der Waals surface area contributed by atoms with E-state index in [1.54, 1.807) is 0 Å². The molecule has 1 aromatic rings. The van der Waals surface area contributed by atoms with Crippen molar-refractivity contribution < 1.29 is 0 Å². The van der Waals surface area contributed by atoms with Crippen molar-refractivity contribution in [3.63, 3.8) is 0 Å². The van der Waals surface area contributed by atoms with Gasteiger partial charge in [0.15, 0.2) is 0 Å². The molecule has 2 fully saturated rings. The predicted octanol–water partition coefficient (Wildman–Crippen LogP) is 1.51. The van der Waals surface area contributed by atoms with Gasteiger partial charge in [-0.05, 0) is 5.56 Å². The average Bonchev–Trinajstić information content (AvgIpc) is 2.51. The second kappa shape index (κ2) is 7.46. The lowest BCUT2D eigenvalue weighted by molar-refractivity contribution is 0.120. The Morgan fingerprint density at radius 3 is 2.50 bits per heavy atom. The first-order valence-corrected chi connectivity index (χ1v) is 8.85. The van der Waals surface area contributed by atoms with Crippen LogP contribution in [0.1, 0.15) is 5.56 Å². The van der Waals surface area contributed by atoms with Gasteiger partial charge in [0.1, 0.15) is 0 Å². The summed E-state index contributed by atoms with van der Waals surface area (Å²) in [6.45, 7) is 8.36. The van der Waals surface area contributed by atoms with Crippen LogP contribution in [0.2, 0.25) is 0 Å². The molecule has 0 aliphatic carbocycles. The highest BCUT2D eigenvalue weighted by molar-refractivity contribution is 7.99. The highest BCUT2D eigenvalue weighted by Crippen LogP contribution is 2.12. The largest absolute Gasteiger partial charge is 0.311 e. The quantitative estimate of drug-likeness (QED) is 0.906. The molecule has 0 bridgehead atoms. The van der Waals surface area contributed by atoms with Crippen LogP contribution in [-0.2, 0) is 6.54 Å². The Morgan fingerprint density at radius 2 is 1.80 bits per heavy atom. The molecule has 1 unspecified atom stereocenters. The monoisotopic (exact) mass is 291 g/mol. The van der Waals surface area contributed by atoms with Crippen LogP contribution >= 0.6 is 11.8 Å². The van der Waals surface area contributed by atoms with E-state index in [-0.39, 0.29) is 0 Å². The number of hydrogen-bond acceptors (Lipinski definition) is 4. The fraction of sp³-hybridized carbons (Fsp3) is 0.625. The number of hydrogen-bond donors (Lipinski definition) is 1. The summed E-state index contributed by atoms with van der Waals surface area (Å²) in [6.07, 6.45) is 0. The van der Waals surface area contributed by atoms with Crippen LogP contribution in [0.25, 0.3) is 0 Å². The lowest BCUT2D eigenvalue weighted by atomic mass is 10.2. The fourth-order valence-corrected chi connectivity index (χ4v) is 3.96. The maximum absolute atomic E-state index is 3.64. The highest BCUT2D eigenvalue weighted by atomic mass is 32.2. The second-order valence-electron chi connectivity index (χ2n) is 5.79. The molecule has 3 nitrogen and oxygen atoms in total. The van der Waals surface area contributed by atoms with E-state index >= 15 is 0 Å². The molecule has 1 aromatic carbocycles. The molecule has 3 rings (SSSR count). The molecule has 110 valence electrons. The molecule has 20 heavy (non-hydrogen) atoms. The molecular weight excluding hydrogens is 266 g/mol. The number of piperazine rings is 1.